The molecule has 88 valence electrons. The number of nitrogens with zero attached hydrogens (tertiary/aromatic N) is 1. The third-order valence-electron chi connectivity index (χ3n) is 1.46. The van der Waals surface area contributed by atoms with Gasteiger partial charge in [-0.1, -0.05) is 0 Å². The van der Waals surface area contributed by atoms with Gasteiger partial charge in [-0.15, -0.1) is 11.6 Å². The molecule has 0 aromatic heterocycles. The van der Waals surface area contributed by atoms with Gasteiger partial charge in [0.25, 0.3) is 5.91 Å². The fraction of sp³-hybridized carbons (Fsp3) is 0.444. The number of nitrogens with one attached hydrogen (secondary N) is 2. The molecule has 0 fully saturated rings. The highest BCUT2D eigenvalue weighted by molar-refractivity contribution is 6.17. The first-order valence-electron chi connectivity index (χ1n) is 4.51. The summed E-state index contributed by atoms with van der Waals surface area (Å²) in [5.41, 5.74) is -0.171. The lowest BCUT2D eigenvalue weighted by Crippen LogP contribution is -2.27. The highest BCUT2D eigenvalue weighted by Crippen LogP contribution is 1.91. The zero-order valence-electron chi connectivity index (χ0n) is 8.49. The lowest BCUT2D eigenvalue weighted by Gasteiger charge is -2.02. The molecule has 16 heavy (non-hydrogen) atoms. The standard InChI is InChI=1S/C9H12ClN3O3/c10-2-1-3-13-9(16)7(4-11)5-12-6-8(14)15/h5,12H,1-3,6H2,(H,13,16)(H,14,15)/b7-5-. The van der Waals surface area contributed by atoms with Crippen LogP contribution in [0.15, 0.2) is 11.8 Å². The molecule has 3 N–H and O–H groups in total. The van der Waals surface area contributed by atoms with Gasteiger partial charge >= 0.3 is 5.97 Å². The fourth-order valence-electron chi connectivity index (χ4n) is 0.753. The summed E-state index contributed by atoms with van der Waals surface area (Å²) >= 11 is 5.41. The number of hydrogen-bond donors (Lipinski definition) is 3. The van der Waals surface area contributed by atoms with Crippen molar-refractivity contribution in [3.63, 3.8) is 0 Å². The Bertz CT molecular complexity index is 322. The van der Waals surface area contributed by atoms with E-state index in [0.717, 1.165) is 6.20 Å². The molecular formula is C9H12ClN3O3. The van der Waals surface area contributed by atoms with Crippen molar-refractivity contribution < 1.29 is 14.7 Å². The maximum absolute atomic E-state index is 11.3. The summed E-state index contributed by atoms with van der Waals surface area (Å²) in [5.74, 6) is -1.20. The predicted octanol–water partition coefficient (Wildman–Crippen LogP) is -0.187. The third kappa shape index (κ3) is 6.68. The second-order valence-corrected chi connectivity index (χ2v) is 3.12. The van der Waals surface area contributed by atoms with Gasteiger partial charge in [0.05, 0.1) is 0 Å². The number of aliphatic carboxylic acids is 1. The van der Waals surface area contributed by atoms with E-state index in [0.29, 0.717) is 18.8 Å². The highest BCUT2D eigenvalue weighted by atomic mass is 35.5. The SMILES string of the molecule is N#C/C(=C/NCC(=O)O)C(=O)NCCCCl. The van der Waals surface area contributed by atoms with Crippen molar-refractivity contribution in [1.82, 2.24) is 10.6 Å². The van der Waals surface area contributed by atoms with Crippen LogP contribution in [0.1, 0.15) is 6.42 Å². The number of carbonyl (C=O) groups is 2. The minimum Gasteiger partial charge on any atom is -0.480 e. The van der Waals surface area contributed by atoms with E-state index < -0.39 is 11.9 Å². The van der Waals surface area contributed by atoms with E-state index in [1.165, 1.54) is 0 Å². The summed E-state index contributed by atoms with van der Waals surface area (Å²) in [6.45, 7) is 0.0282. The van der Waals surface area contributed by atoms with Crippen LogP contribution >= 0.6 is 11.6 Å². The Morgan fingerprint density at radius 2 is 2.19 bits per heavy atom. The molecule has 0 atom stereocenters. The molecule has 0 radical (unpaired) electrons. The molecule has 0 aliphatic carbocycles. The maximum atomic E-state index is 11.3. The van der Waals surface area contributed by atoms with Crippen LogP contribution in [-0.4, -0.2) is 36.0 Å². The summed E-state index contributed by atoms with van der Waals surface area (Å²) in [6, 6.07) is 1.66. The van der Waals surface area contributed by atoms with Gasteiger partial charge in [-0.2, -0.15) is 5.26 Å². The topological polar surface area (TPSA) is 102 Å². The molecule has 0 saturated carbocycles. The maximum Gasteiger partial charge on any atom is 0.322 e. The van der Waals surface area contributed by atoms with Crippen molar-refractivity contribution in [3.05, 3.63) is 11.8 Å². The Morgan fingerprint density at radius 3 is 2.69 bits per heavy atom. The number of carboxylic acid groups (broad SMARTS) is 1. The number of amides is 1. The van der Waals surface area contributed by atoms with E-state index in [4.69, 9.17) is 22.0 Å². The highest BCUT2D eigenvalue weighted by Gasteiger charge is 2.07. The number of carbonyl (C=O) groups excluding carboxylic acids is 1. The smallest absolute Gasteiger partial charge is 0.322 e. The number of carboxylic acids is 1. The van der Waals surface area contributed by atoms with Crippen LogP contribution < -0.4 is 10.6 Å². The lowest BCUT2D eigenvalue weighted by atomic mass is 10.3. The molecule has 1 amide bonds. The van der Waals surface area contributed by atoms with Gasteiger partial charge in [0.2, 0.25) is 0 Å². The van der Waals surface area contributed by atoms with Gasteiger partial charge in [0.1, 0.15) is 18.2 Å². The van der Waals surface area contributed by atoms with E-state index in [-0.39, 0.29) is 12.1 Å². The van der Waals surface area contributed by atoms with Crippen molar-refractivity contribution in [1.29, 1.82) is 5.26 Å². The summed E-state index contributed by atoms with van der Waals surface area (Å²) in [5, 5.41) is 21.8. The van der Waals surface area contributed by atoms with Crippen molar-refractivity contribution in [3.8, 4) is 6.07 Å². The summed E-state index contributed by atoms with van der Waals surface area (Å²) in [6.07, 6.45) is 1.68. The van der Waals surface area contributed by atoms with Crippen LogP contribution in [-0.2, 0) is 9.59 Å². The van der Waals surface area contributed by atoms with Crippen molar-refractivity contribution in [2.24, 2.45) is 0 Å². The van der Waals surface area contributed by atoms with E-state index >= 15 is 0 Å². The predicted molar refractivity (Wildman–Crippen MR) is 57.7 cm³/mol. The Morgan fingerprint density at radius 1 is 1.50 bits per heavy atom. The monoisotopic (exact) mass is 245 g/mol. The largest absolute Gasteiger partial charge is 0.480 e. The molecule has 0 bridgehead atoms. The first-order chi connectivity index (χ1) is 7.61. The van der Waals surface area contributed by atoms with Gasteiger partial charge in [0.15, 0.2) is 0 Å². The zero-order chi connectivity index (χ0) is 12.4. The van der Waals surface area contributed by atoms with E-state index in [9.17, 15) is 9.59 Å². The minimum absolute atomic E-state index is 0.171. The molecule has 6 nitrogen and oxygen atoms in total. The van der Waals surface area contributed by atoms with Crippen molar-refractivity contribution >= 4 is 23.5 Å². The van der Waals surface area contributed by atoms with Crippen LogP contribution in [0.5, 0.6) is 0 Å². The first kappa shape index (κ1) is 14.3. The number of hydrogen-bond acceptors (Lipinski definition) is 4. The summed E-state index contributed by atoms with van der Waals surface area (Å²) < 4.78 is 0. The normalized spacial score (nSPS) is 10.4. The molecule has 7 heteroatoms. The number of rotatable bonds is 7. The molecule has 0 heterocycles. The van der Waals surface area contributed by atoms with Crippen LogP contribution in [0.4, 0.5) is 0 Å². The Labute approximate surface area is 97.9 Å². The molecule has 0 spiro atoms. The van der Waals surface area contributed by atoms with E-state index in [2.05, 4.69) is 10.6 Å². The van der Waals surface area contributed by atoms with Crippen LogP contribution in [0.3, 0.4) is 0 Å². The molecule has 0 aromatic rings. The van der Waals surface area contributed by atoms with E-state index in [1.807, 2.05) is 0 Å². The summed E-state index contributed by atoms with van der Waals surface area (Å²) in [4.78, 5) is 21.5. The molecule has 0 aliphatic heterocycles. The van der Waals surface area contributed by atoms with Gasteiger partial charge in [-0.25, -0.2) is 0 Å². The quantitative estimate of drug-likeness (QED) is 0.250. The Kier molecular flexibility index (Phi) is 7.63. The molecule has 0 aliphatic rings. The molecule has 0 aromatic carbocycles. The number of halogens is 1. The third-order valence-corrected chi connectivity index (χ3v) is 1.73. The summed E-state index contributed by atoms with van der Waals surface area (Å²) in [7, 11) is 0. The van der Waals surface area contributed by atoms with Crippen LogP contribution in [0.2, 0.25) is 0 Å². The molecule has 0 saturated heterocycles. The van der Waals surface area contributed by atoms with Crippen LogP contribution in [0, 0.1) is 11.3 Å². The first-order valence-corrected chi connectivity index (χ1v) is 5.05. The molecule has 0 unspecified atom stereocenters. The minimum atomic E-state index is -1.07. The second-order valence-electron chi connectivity index (χ2n) is 2.74. The second kappa shape index (κ2) is 8.56. The number of nitriles is 1. The van der Waals surface area contributed by atoms with Gasteiger partial charge in [-0.05, 0) is 6.42 Å². The van der Waals surface area contributed by atoms with Crippen molar-refractivity contribution in [2.75, 3.05) is 19.0 Å². The number of alkyl halides is 1. The van der Waals surface area contributed by atoms with Gasteiger partial charge in [-0.3, -0.25) is 9.59 Å². The zero-order valence-corrected chi connectivity index (χ0v) is 9.25. The molecular weight excluding hydrogens is 234 g/mol. The average molecular weight is 246 g/mol. The Hall–Kier alpha value is -1.74. The molecule has 0 rings (SSSR count). The Balaban J connectivity index is 4.11. The van der Waals surface area contributed by atoms with Crippen molar-refractivity contribution in [2.45, 2.75) is 6.42 Å². The lowest BCUT2D eigenvalue weighted by molar-refractivity contribution is -0.135. The average Bonchev–Trinajstić information content (AvgIpc) is 2.24. The van der Waals surface area contributed by atoms with Gasteiger partial charge in [0, 0.05) is 18.6 Å². The fourth-order valence-corrected chi connectivity index (χ4v) is 0.887. The van der Waals surface area contributed by atoms with Gasteiger partial charge < -0.3 is 15.7 Å². The van der Waals surface area contributed by atoms with E-state index in [1.54, 1.807) is 6.07 Å². The van der Waals surface area contributed by atoms with Crippen LogP contribution in [0.25, 0.3) is 0 Å².